The second kappa shape index (κ2) is 7.75. The van der Waals surface area contributed by atoms with Crippen LogP contribution in [0.15, 0.2) is 48.5 Å². The number of hydrogen-bond acceptors (Lipinski definition) is 3. The molecule has 0 saturated heterocycles. The van der Waals surface area contributed by atoms with Crippen LogP contribution >= 0.6 is 0 Å². The third-order valence-corrected chi connectivity index (χ3v) is 8.21. The first-order valence-corrected chi connectivity index (χ1v) is 12.2. The van der Waals surface area contributed by atoms with Gasteiger partial charge in [-0.1, -0.05) is 12.1 Å². The predicted octanol–water partition coefficient (Wildman–Crippen LogP) is 6.31. The van der Waals surface area contributed by atoms with Gasteiger partial charge in [-0.3, -0.25) is 5.10 Å². The number of nitrogens with zero attached hydrogens (tertiary/aromatic N) is 1. The van der Waals surface area contributed by atoms with Crippen LogP contribution in [-0.2, 0) is 5.41 Å². The van der Waals surface area contributed by atoms with Crippen LogP contribution in [0.3, 0.4) is 0 Å². The molecule has 4 fully saturated rings. The van der Waals surface area contributed by atoms with Gasteiger partial charge in [0.1, 0.15) is 5.75 Å². The van der Waals surface area contributed by atoms with Crippen molar-refractivity contribution in [3.05, 3.63) is 59.7 Å². The summed E-state index contributed by atoms with van der Waals surface area (Å²) in [5.74, 6) is 2.75. The van der Waals surface area contributed by atoms with Gasteiger partial charge in [0.2, 0.25) is 0 Å². The molecule has 4 saturated carbocycles. The van der Waals surface area contributed by atoms with E-state index in [-0.39, 0.29) is 11.0 Å². The number of benzene rings is 2. The molecule has 1 aromatic heterocycles. The number of carboxylic acids is 1. The van der Waals surface area contributed by atoms with Crippen molar-refractivity contribution in [1.82, 2.24) is 10.2 Å². The van der Waals surface area contributed by atoms with E-state index in [9.17, 15) is 4.79 Å². The van der Waals surface area contributed by atoms with Gasteiger partial charge in [-0.25, -0.2) is 4.79 Å². The Morgan fingerprint density at radius 3 is 2.24 bits per heavy atom. The van der Waals surface area contributed by atoms with E-state index in [1.165, 1.54) is 44.1 Å². The molecule has 0 spiro atoms. The molecule has 5 nitrogen and oxygen atoms in total. The smallest absolute Gasteiger partial charge is 0.335 e. The summed E-state index contributed by atoms with van der Waals surface area (Å²) in [7, 11) is 0. The molecule has 0 atom stereocenters. The van der Waals surface area contributed by atoms with E-state index in [1.54, 1.807) is 12.1 Å². The molecule has 1 heterocycles. The first-order valence-electron chi connectivity index (χ1n) is 12.2. The minimum absolute atomic E-state index is 0.251. The molecule has 33 heavy (non-hydrogen) atoms. The van der Waals surface area contributed by atoms with Crippen LogP contribution < -0.4 is 4.74 Å². The second-order valence-corrected chi connectivity index (χ2v) is 10.4. The Balaban J connectivity index is 1.36. The van der Waals surface area contributed by atoms with Gasteiger partial charge in [0, 0.05) is 11.1 Å². The van der Waals surface area contributed by atoms with Gasteiger partial charge >= 0.3 is 5.97 Å². The SMILES string of the molecule is CCOc1ccc(-c2cc(-c3ccc(C(=O)O)cc3)[nH]n2)cc1C12CC3CC(CC(C3)C1)C2. The summed E-state index contributed by atoms with van der Waals surface area (Å²) in [6.07, 6.45) is 8.16. The molecule has 2 aromatic carbocycles. The number of rotatable bonds is 6. The number of aromatic carboxylic acids is 1. The highest BCUT2D eigenvalue weighted by molar-refractivity contribution is 5.88. The normalized spacial score (nSPS) is 27.6. The number of aromatic nitrogens is 2. The fourth-order valence-corrected chi connectivity index (χ4v) is 7.24. The Labute approximate surface area is 194 Å². The summed E-state index contributed by atoms with van der Waals surface area (Å²) in [5, 5.41) is 16.9. The molecule has 3 aromatic rings. The first kappa shape index (κ1) is 20.5. The van der Waals surface area contributed by atoms with Gasteiger partial charge in [-0.2, -0.15) is 5.10 Å². The van der Waals surface area contributed by atoms with E-state index in [0.29, 0.717) is 6.61 Å². The van der Waals surface area contributed by atoms with Crippen LogP contribution in [0.1, 0.15) is 61.4 Å². The summed E-state index contributed by atoms with van der Waals surface area (Å²) in [6, 6.07) is 15.5. The fraction of sp³-hybridized carbons (Fsp3) is 0.429. The predicted molar refractivity (Wildman–Crippen MR) is 127 cm³/mol. The van der Waals surface area contributed by atoms with Crippen molar-refractivity contribution in [2.24, 2.45) is 17.8 Å². The molecular formula is C28H30N2O3. The lowest BCUT2D eigenvalue weighted by Gasteiger charge is -2.57. The van der Waals surface area contributed by atoms with Crippen LogP contribution in [0, 0.1) is 17.8 Å². The maximum atomic E-state index is 11.1. The lowest BCUT2D eigenvalue weighted by atomic mass is 9.48. The molecule has 4 bridgehead atoms. The molecule has 0 radical (unpaired) electrons. The molecule has 0 aliphatic heterocycles. The van der Waals surface area contributed by atoms with E-state index in [2.05, 4.69) is 41.4 Å². The average Bonchev–Trinajstić information content (AvgIpc) is 3.29. The minimum Gasteiger partial charge on any atom is -0.494 e. The van der Waals surface area contributed by atoms with Gasteiger partial charge in [0.25, 0.3) is 0 Å². The number of carbonyl (C=O) groups is 1. The topological polar surface area (TPSA) is 75.2 Å². The maximum Gasteiger partial charge on any atom is 0.335 e. The fourth-order valence-electron chi connectivity index (χ4n) is 7.24. The molecule has 5 heteroatoms. The largest absolute Gasteiger partial charge is 0.494 e. The van der Waals surface area contributed by atoms with Crippen LogP contribution in [0.4, 0.5) is 0 Å². The van der Waals surface area contributed by atoms with Crippen molar-refractivity contribution in [1.29, 1.82) is 0 Å². The summed E-state index contributed by atoms with van der Waals surface area (Å²) < 4.78 is 6.15. The molecule has 0 unspecified atom stereocenters. The van der Waals surface area contributed by atoms with Gasteiger partial charge in [0.05, 0.1) is 23.6 Å². The van der Waals surface area contributed by atoms with Crippen LogP contribution in [-0.4, -0.2) is 27.9 Å². The van der Waals surface area contributed by atoms with Crippen molar-refractivity contribution in [2.75, 3.05) is 6.61 Å². The van der Waals surface area contributed by atoms with Gasteiger partial charge in [-0.05, 0) is 111 Å². The zero-order chi connectivity index (χ0) is 22.6. The maximum absolute atomic E-state index is 11.1. The van der Waals surface area contributed by atoms with Crippen molar-refractivity contribution >= 4 is 5.97 Å². The average molecular weight is 443 g/mol. The molecule has 170 valence electrons. The highest BCUT2D eigenvalue weighted by atomic mass is 16.5. The summed E-state index contributed by atoms with van der Waals surface area (Å²) in [5.41, 5.74) is 5.73. The summed E-state index contributed by atoms with van der Waals surface area (Å²) in [4.78, 5) is 11.1. The third-order valence-electron chi connectivity index (χ3n) is 8.21. The lowest BCUT2D eigenvalue weighted by molar-refractivity contribution is -0.00631. The molecule has 4 aliphatic rings. The van der Waals surface area contributed by atoms with Crippen LogP contribution in [0.25, 0.3) is 22.5 Å². The number of ether oxygens (including phenoxy) is 1. The van der Waals surface area contributed by atoms with Gasteiger partial charge in [0.15, 0.2) is 0 Å². The van der Waals surface area contributed by atoms with E-state index in [4.69, 9.17) is 9.84 Å². The molecule has 2 N–H and O–H groups in total. The number of nitrogens with one attached hydrogen (secondary N) is 1. The number of H-pyrrole nitrogens is 1. The van der Waals surface area contributed by atoms with E-state index in [0.717, 1.165) is 46.0 Å². The van der Waals surface area contributed by atoms with Crippen molar-refractivity contribution in [2.45, 2.75) is 50.9 Å². The number of aromatic amines is 1. The Morgan fingerprint density at radius 1 is 1.00 bits per heavy atom. The summed E-state index contributed by atoms with van der Waals surface area (Å²) in [6.45, 7) is 2.74. The number of hydrogen-bond donors (Lipinski definition) is 2. The Morgan fingerprint density at radius 2 is 1.64 bits per heavy atom. The van der Waals surface area contributed by atoms with E-state index < -0.39 is 5.97 Å². The first-order chi connectivity index (χ1) is 16.0. The standard InChI is InChI=1S/C28H30N2O3/c1-2-33-26-8-7-22(12-23(26)28-14-17-9-18(15-28)11-19(10-17)16-28)25-13-24(29-30-25)20-3-5-21(6-4-20)27(31)32/h3-8,12-13,17-19H,2,9-11,14-16H2,1H3,(H,29,30)(H,31,32). The Kier molecular flexibility index (Phi) is 4.82. The zero-order valence-corrected chi connectivity index (χ0v) is 19.0. The second-order valence-electron chi connectivity index (χ2n) is 10.4. The van der Waals surface area contributed by atoms with Crippen LogP contribution in [0.2, 0.25) is 0 Å². The Bertz CT molecular complexity index is 1160. The monoisotopic (exact) mass is 442 g/mol. The summed E-state index contributed by atoms with van der Waals surface area (Å²) >= 11 is 0. The Hall–Kier alpha value is -3.08. The van der Waals surface area contributed by atoms with Gasteiger partial charge < -0.3 is 9.84 Å². The molecular weight excluding hydrogens is 412 g/mol. The van der Waals surface area contributed by atoms with Gasteiger partial charge in [-0.15, -0.1) is 0 Å². The number of carboxylic acid groups (broad SMARTS) is 1. The van der Waals surface area contributed by atoms with Crippen molar-refractivity contribution < 1.29 is 14.6 Å². The molecule has 7 rings (SSSR count). The van der Waals surface area contributed by atoms with Crippen LogP contribution in [0.5, 0.6) is 5.75 Å². The van der Waals surface area contributed by atoms with E-state index >= 15 is 0 Å². The molecule has 4 aliphatic carbocycles. The van der Waals surface area contributed by atoms with E-state index in [1.807, 2.05) is 12.1 Å². The lowest BCUT2D eigenvalue weighted by Crippen LogP contribution is -2.48. The highest BCUT2D eigenvalue weighted by Crippen LogP contribution is 2.62. The zero-order valence-electron chi connectivity index (χ0n) is 19.0. The highest BCUT2D eigenvalue weighted by Gasteiger charge is 2.52. The molecule has 0 amide bonds. The van der Waals surface area contributed by atoms with Crippen molar-refractivity contribution in [3.63, 3.8) is 0 Å². The quantitative estimate of drug-likeness (QED) is 0.469. The third kappa shape index (κ3) is 3.54. The van der Waals surface area contributed by atoms with Crippen molar-refractivity contribution in [3.8, 4) is 28.3 Å². The minimum atomic E-state index is -0.918.